The van der Waals surface area contributed by atoms with Gasteiger partial charge in [-0.3, -0.25) is 4.79 Å². The summed E-state index contributed by atoms with van der Waals surface area (Å²) >= 11 is 2.77. The van der Waals surface area contributed by atoms with Crippen molar-refractivity contribution in [3.63, 3.8) is 0 Å². The molecule has 0 fully saturated rings. The predicted octanol–water partition coefficient (Wildman–Crippen LogP) is 1.69. The number of carbonyl (C=O) groups is 1. The predicted molar refractivity (Wildman–Crippen MR) is 45.6 cm³/mol. The first-order valence-corrected chi connectivity index (χ1v) is 3.78. The number of phenolic OH excluding ortho intramolecular Hbond substituents is 1. The first kappa shape index (κ1) is 8.99. The van der Waals surface area contributed by atoms with E-state index in [9.17, 15) is 9.18 Å². The van der Waals surface area contributed by atoms with Crippen LogP contribution in [-0.2, 0) is 0 Å². The number of benzene rings is 1. The first-order valence-electron chi connectivity index (χ1n) is 2.99. The Kier molecular flexibility index (Phi) is 2.32. The monoisotopic (exact) mass is 233 g/mol. The molecular formula is C7H5BrFNO2. The van der Waals surface area contributed by atoms with E-state index in [1.165, 1.54) is 0 Å². The normalized spacial score (nSPS) is 9.83. The van der Waals surface area contributed by atoms with Crippen LogP contribution in [0.1, 0.15) is 10.4 Å². The van der Waals surface area contributed by atoms with Crippen LogP contribution < -0.4 is 5.73 Å². The second kappa shape index (κ2) is 3.10. The number of aromatic hydroxyl groups is 1. The van der Waals surface area contributed by atoms with Crippen LogP contribution in [0.25, 0.3) is 0 Å². The van der Waals surface area contributed by atoms with Gasteiger partial charge >= 0.3 is 0 Å². The Morgan fingerprint density at radius 3 is 2.75 bits per heavy atom. The van der Waals surface area contributed by atoms with Crippen molar-refractivity contribution in [2.75, 3.05) is 5.73 Å². The molecule has 3 N–H and O–H groups in total. The minimum Gasteiger partial charge on any atom is -0.507 e. The summed E-state index contributed by atoms with van der Waals surface area (Å²) in [5.41, 5.74) is 4.88. The zero-order valence-electron chi connectivity index (χ0n) is 5.84. The molecule has 0 aliphatic carbocycles. The lowest BCUT2D eigenvalue weighted by molar-refractivity contribution is 0.112. The topological polar surface area (TPSA) is 63.3 Å². The lowest BCUT2D eigenvalue weighted by Gasteiger charge is -2.03. The van der Waals surface area contributed by atoms with E-state index in [1.807, 2.05) is 0 Å². The van der Waals surface area contributed by atoms with Crippen molar-refractivity contribution in [1.82, 2.24) is 0 Å². The maximum Gasteiger partial charge on any atom is 0.164 e. The Morgan fingerprint density at radius 1 is 1.67 bits per heavy atom. The molecule has 0 saturated carbocycles. The van der Waals surface area contributed by atoms with Gasteiger partial charge in [0.2, 0.25) is 0 Å². The average Bonchev–Trinajstić information content (AvgIpc) is 2.08. The van der Waals surface area contributed by atoms with E-state index in [1.54, 1.807) is 0 Å². The number of carbonyl (C=O) groups excluding carboxylic acids is 1. The van der Waals surface area contributed by atoms with Crippen molar-refractivity contribution >= 4 is 27.9 Å². The smallest absolute Gasteiger partial charge is 0.164 e. The van der Waals surface area contributed by atoms with Gasteiger partial charge in [-0.1, -0.05) is 0 Å². The highest BCUT2D eigenvalue weighted by Crippen LogP contribution is 2.32. The molecule has 0 atom stereocenters. The summed E-state index contributed by atoms with van der Waals surface area (Å²) < 4.78 is 12.8. The van der Waals surface area contributed by atoms with Gasteiger partial charge in [-0.05, 0) is 22.0 Å². The molecule has 0 saturated heterocycles. The van der Waals surface area contributed by atoms with E-state index in [0.29, 0.717) is 6.29 Å². The minimum atomic E-state index is -0.822. The average molecular weight is 234 g/mol. The van der Waals surface area contributed by atoms with E-state index in [4.69, 9.17) is 10.8 Å². The summed E-state index contributed by atoms with van der Waals surface area (Å²) in [5, 5.41) is 9.04. The molecule has 0 unspecified atom stereocenters. The van der Waals surface area contributed by atoms with Gasteiger partial charge in [-0.2, -0.15) is 0 Å². The quantitative estimate of drug-likeness (QED) is 0.441. The number of anilines is 1. The van der Waals surface area contributed by atoms with Crippen LogP contribution in [0.15, 0.2) is 10.5 Å². The van der Waals surface area contributed by atoms with Crippen LogP contribution in [0.5, 0.6) is 5.75 Å². The molecule has 0 amide bonds. The van der Waals surface area contributed by atoms with Crippen molar-refractivity contribution in [3.05, 3.63) is 21.9 Å². The number of phenols is 1. The van der Waals surface area contributed by atoms with Gasteiger partial charge in [-0.25, -0.2) is 4.39 Å². The Bertz CT molecular complexity index is 341. The maximum absolute atomic E-state index is 12.9. The summed E-state index contributed by atoms with van der Waals surface area (Å²) in [5.74, 6) is -1.17. The van der Waals surface area contributed by atoms with Crippen LogP contribution in [0.2, 0.25) is 0 Å². The number of aldehydes is 1. The van der Waals surface area contributed by atoms with Gasteiger partial charge in [0.1, 0.15) is 5.75 Å². The summed E-state index contributed by atoms with van der Waals surface area (Å²) in [6.07, 6.45) is 0.380. The molecular weight excluding hydrogens is 229 g/mol. The number of hydrogen-bond donors (Lipinski definition) is 2. The summed E-state index contributed by atoms with van der Waals surface area (Å²) in [6, 6.07) is 1.09. The molecule has 3 nitrogen and oxygen atoms in total. The molecule has 0 aliphatic rings. The Morgan fingerprint density at radius 2 is 2.25 bits per heavy atom. The number of hydrogen-bond acceptors (Lipinski definition) is 3. The first-order chi connectivity index (χ1) is 5.57. The third-order valence-electron chi connectivity index (χ3n) is 1.38. The van der Waals surface area contributed by atoms with E-state index in [2.05, 4.69) is 15.9 Å². The minimum absolute atomic E-state index is 0.0619. The zero-order valence-corrected chi connectivity index (χ0v) is 7.43. The SMILES string of the molecule is Nc1c(C=O)cc(O)c(Br)c1F. The van der Waals surface area contributed by atoms with Crippen molar-refractivity contribution in [2.45, 2.75) is 0 Å². The lowest BCUT2D eigenvalue weighted by atomic mass is 10.2. The fourth-order valence-electron chi connectivity index (χ4n) is 0.743. The molecule has 0 spiro atoms. The van der Waals surface area contributed by atoms with Crippen LogP contribution in [-0.4, -0.2) is 11.4 Å². The molecule has 1 aromatic rings. The second-order valence-corrected chi connectivity index (χ2v) is 2.94. The van der Waals surface area contributed by atoms with Crippen molar-refractivity contribution < 1.29 is 14.3 Å². The molecule has 0 aromatic heterocycles. The van der Waals surface area contributed by atoms with E-state index in [-0.39, 0.29) is 21.5 Å². The van der Waals surface area contributed by atoms with Gasteiger partial charge in [0.15, 0.2) is 12.1 Å². The number of rotatable bonds is 1. The van der Waals surface area contributed by atoms with E-state index >= 15 is 0 Å². The molecule has 1 rings (SSSR count). The van der Waals surface area contributed by atoms with Crippen LogP contribution >= 0.6 is 15.9 Å². The fourth-order valence-corrected chi connectivity index (χ4v) is 1.07. The highest BCUT2D eigenvalue weighted by atomic mass is 79.9. The highest BCUT2D eigenvalue weighted by Gasteiger charge is 2.12. The van der Waals surface area contributed by atoms with Crippen LogP contribution in [0.4, 0.5) is 10.1 Å². The second-order valence-electron chi connectivity index (χ2n) is 2.14. The molecule has 5 heteroatoms. The lowest BCUT2D eigenvalue weighted by Crippen LogP contribution is -1.97. The number of nitrogen functional groups attached to an aromatic ring is 1. The fraction of sp³-hybridized carbons (Fsp3) is 0. The van der Waals surface area contributed by atoms with E-state index in [0.717, 1.165) is 6.07 Å². The Balaban J connectivity index is 3.49. The maximum atomic E-state index is 12.9. The molecule has 64 valence electrons. The molecule has 12 heavy (non-hydrogen) atoms. The molecule has 1 aromatic carbocycles. The van der Waals surface area contributed by atoms with Gasteiger partial charge in [0.25, 0.3) is 0 Å². The standard InChI is InChI=1S/C7H5BrFNO2/c8-5-4(12)1-3(2-11)7(10)6(5)9/h1-2,12H,10H2. The van der Waals surface area contributed by atoms with Crippen LogP contribution in [0, 0.1) is 5.82 Å². The Hall–Kier alpha value is -1.10. The largest absolute Gasteiger partial charge is 0.507 e. The molecule has 0 radical (unpaired) electrons. The van der Waals surface area contributed by atoms with Crippen molar-refractivity contribution in [3.8, 4) is 5.75 Å². The third-order valence-corrected chi connectivity index (χ3v) is 2.14. The summed E-state index contributed by atoms with van der Waals surface area (Å²) in [4.78, 5) is 10.3. The number of halogens is 2. The molecule has 0 aliphatic heterocycles. The zero-order chi connectivity index (χ0) is 9.30. The number of nitrogens with two attached hydrogens (primary N) is 1. The molecule has 0 bridgehead atoms. The van der Waals surface area contributed by atoms with Gasteiger partial charge in [0, 0.05) is 5.56 Å². The summed E-state index contributed by atoms with van der Waals surface area (Å²) in [6.45, 7) is 0. The van der Waals surface area contributed by atoms with Crippen molar-refractivity contribution in [1.29, 1.82) is 0 Å². The molecule has 0 heterocycles. The van der Waals surface area contributed by atoms with Gasteiger partial charge in [0.05, 0.1) is 10.2 Å². The third kappa shape index (κ3) is 1.27. The van der Waals surface area contributed by atoms with Gasteiger partial charge in [-0.15, -0.1) is 0 Å². The summed E-state index contributed by atoms with van der Waals surface area (Å²) in [7, 11) is 0. The highest BCUT2D eigenvalue weighted by molar-refractivity contribution is 9.10. The van der Waals surface area contributed by atoms with Gasteiger partial charge < -0.3 is 10.8 Å². The van der Waals surface area contributed by atoms with Crippen molar-refractivity contribution in [2.24, 2.45) is 0 Å². The van der Waals surface area contributed by atoms with E-state index < -0.39 is 5.82 Å². The van der Waals surface area contributed by atoms with Crippen LogP contribution in [0.3, 0.4) is 0 Å². The Labute approximate surface area is 76.1 Å².